The van der Waals surface area contributed by atoms with Gasteiger partial charge >= 0.3 is 0 Å². The van der Waals surface area contributed by atoms with Crippen LogP contribution in [0.1, 0.15) is 23.7 Å². The van der Waals surface area contributed by atoms with Crippen LogP contribution in [-0.4, -0.2) is 19.1 Å². The van der Waals surface area contributed by atoms with Gasteiger partial charge in [0.25, 0.3) is 15.7 Å². The molecule has 11 heteroatoms. The van der Waals surface area contributed by atoms with Crippen LogP contribution < -0.4 is 14.9 Å². The zero-order chi connectivity index (χ0) is 26.7. The highest BCUT2D eigenvalue weighted by molar-refractivity contribution is 7.92. The van der Waals surface area contributed by atoms with Crippen LogP contribution in [-0.2, 0) is 10.0 Å². The van der Waals surface area contributed by atoms with Gasteiger partial charge in [-0.1, -0.05) is 54.1 Å². The summed E-state index contributed by atoms with van der Waals surface area (Å²) in [5.74, 6) is 0.650. The first kappa shape index (κ1) is 25.2. The lowest BCUT2D eigenvalue weighted by molar-refractivity contribution is -0.384. The largest absolute Gasteiger partial charge is 0.485 e. The van der Waals surface area contributed by atoms with Gasteiger partial charge in [-0.15, -0.1) is 0 Å². The second kappa shape index (κ2) is 10.5. The fraction of sp³-hybridized carbons (Fsp3) is 0.0741. The summed E-state index contributed by atoms with van der Waals surface area (Å²) in [4.78, 5) is 10.9. The first-order chi connectivity index (χ1) is 18.3. The van der Waals surface area contributed by atoms with Gasteiger partial charge < -0.3 is 4.74 Å². The number of anilines is 2. The second-order valence-corrected chi connectivity index (χ2v) is 10.6. The minimum absolute atomic E-state index is 0.0492. The van der Waals surface area contributed by atoms with Crippen molar-refractivity contribution >= 4 is 44.4 Å². The van der Waals surface area contributed by atoms with Gasteiger partial charge in [-0.3, -0.25) is 20.3 Å². The summed E-state index contributed by atoms with van der Waals surface area (Å²) in [6.45, 7) is 0. The number of para-hydroxylation sites is 1. The molecule has 0 aromatic heterocycles. The third kappa shape index (κ3) is 5.46. The molecule has 5 rings (SSSR count). The van der Waals surface area contributed by atoms with Crippen molar-refractivity contribution in [3.8, 4) is 5.75 Å². The fourth-order valence-electron chi connectivity index (χ4n) is 4.03. The molecule has 2 N–H and O–H groups in total. The molecule has 192 valence electrons. The first-order valence-corrected chi connectivity index (χ1v) is 13.4. The van der Waals surface area contributed by atoms with Crippen LogP contribution in [0.4, 0.5) is 17.1 Å². The van der Waals surface area contributed by atoms with Gasteiger partial charge in [0.05, 0.1) is 15.5 Å². The second-order valence-electron chi connectivity index (χ2n) is 8.44. The van der Waals surface area contributed by atoms with Crippen molar-refractivity contribution in [2.45, 2.75) is 17.4 Å². The van der Waals surface area contributed by atoms with Gasteiger partial charge in [0, 0.05) is 28.8 Å². The van der Waals surface area contributed by atoms with E-state index in [1.807, 2.05) is 54.6 Å². The molecule has 9 nitrogen and oxygen atoms in total. The van der Waals surface area contributed by atoms with Crippen LogP contribution in [0.5, 0.6) is 5.75 Å². The number of ether oxygens (including phenoxy) is 1. The Balaban J connectivity index is 1.44. The smallest absolute Gasteiger partial charge is 0.295 e. The predicted octanol–water partition coefficient (Wildman–Crippen LogP) is 6.39. The summed E-state index contributed by atoms with van der Waals surface area (Å²) < 4.78 is 34.3. The Morgan fingerprint density at radius 1 is 0.947 bits per heavy atom. The molecule has 4 aromatic rings. The van der Waals surface area contributed by atoms with E-state index in [1.54, 1.807) is 0 Å². The van der Waals surface area contributed by atoms with Gasteiger partial charge in [-0.2, -0.15) is 5.10 Å². The van der Waals surface area contributed by atoms with E-state index in [0.29, 0.717) is 22.9 Å². The maximum atomic E-state index is 12.9. The lowest BCUT2D eigenvalue weighted by atomic mass is 9.96. The summed E-state index contributed by atoms with van der Waals surface area (Å²) in [6, 6.07) is 26.8. The number of nitro benzene ring substituents is 1. The van der Waals surface area contributed by atoms with Crippen molar-refractivity contribution < 1.29 is 18.1 Å². The van der Waals surface area contributed by atoms with E-state index in [4.69, 9.17) is 16.3 Å². The molecule has 0 amide bonds. The Bertz CT molecular complexity index is 1630. The molecule has 0 saturated carbocycles. The molecule has 0 bridgehead atoms. The molecular weight excluding hydrogens is 528 g/mol. The first-order valence-electron chi connectivity index (χ1n) is 11.5. The molecule has 1 aliphatic rings. The van der Waals surface area contributed by atoms with Crippen LogP contribution >= 0.6 is 11.6 Å². The van der Waals surface area contributed by atoms with Crippen LogP contribution in [0.15, 0.2) is 107 Å². The number of nitro groups is 1. The highest BCUT2D eigenvalue weighted by Crippen LogP contribution is 2.36. The molecule has 1 heterocycles. The lowest BCUT2D eigenvalue weighted by Crippen LogP contribution is -2.22. The number of nitrogens with zero attached hydrogens (tertiary/aromatic N) is 2. The summed E-state index contributed by atoms with van der Waals surface area (Å²) in [5, 5.41) is 16.8. The molecule has 0 spiro atoms. The minimum atomic E-state index is -4.09. The molecule has 1 aliphatic heterocycles. The Hall–Kier alpha value is -4.41. The molecule has 0 saturated heterocycles. The zero-order valence-corrected chi connectivity index (χ0v) is 21.3. The number of hydrogen-bond acceptors (Lipinski definition) is 7. The van der Waals surface area contributed by atoms with Crippen molar-refractivity contribution in [3.05, 3.63) is 123 Å². The highest BCUT2D eigenvalue weighted by Gasteiger charge is 2.27. The van der Waals surface area contributed by atoms with Crippen molar-refractivity contribution in [2.24, 2.45) is 5.10 Å². The average Bonchev–Trinajstić information content (AvgIpc) is 2.93. The number of fused-ring (bicyclic) bond motifs is 1. The Morgan fingerprint density at radius 2 is 1.66 bits per heavy atom. The van der Waals surface area contributed by atoms with Crippen molar-refractivity contribution in [2.75, 3.05) is 10.1 Å². The SMILES string of the molecule is O=[N+]([O-])c1cc(S(=O)(=O)Nc2ccc(Cl)cc2)ccc1N/N=C1/C[C@@H](c2ccccc2)Oc2ccccc21. The monoisotopic (exact) mass is 548 g/mol. The predicted molar refractivity (Wildman–Crippen MR) is 146 cm³/mol. The van der Waals surface area contributed by atoms with E-state index < -0.39 is 20.6 Å². The Kier molecular flexibility index (Phi) is 6.99. The van der Waals surface area contributed by atoms with E-state index in [-0.39, 0.29) is 22.4 Å². The fourth-order valence-corrected chi connectivity index (χ4v) is 5.24. The van der Waals surface area contributed by atoms with E-state index in [9.17, 15) is 18.5 Å². The molecule has 38 heavy (non-hydrogen) atoms. The van der Waals surface area contributed by atoms with Gasteiger partial charge in [-0.25, -0.2) is 8.42 Å². The van der Waals surface area contributed by atoms with Gasteiger partial charge in [0.2, 0.25) is 0 Å². The molecule has 0 radical (unpaired) electrons. The van der Waals surface area contributed by atoms with Gasteiger partial charge in [-0.05, 0) is 54.1 Å². The van der Waals surface area contributed by atoms with E-state index in [0.717, 1.165) is 17.2 Å². The molecular formula is C27H21ClN4O5S. The Labute approximate surface area is 223 Å². The zero-order valence-electron chi connectivity index (χ0n) is 19.7. The highest BCUT2D eigenvalue weighted by atomic mass is 35.5. The number of benzene rings is 4. The summed E-state index contributed by atoms with van der Waals surface area (Å²) in [6.07, 6.45) is 0.146. The number of halogens is 1. The third-order valence-corrected chi connectivity index (χ3v) is 7.53. The number of rotatable bonds is 7. The quantitative estimate of drug-likeness (QED) is 0.204. The van der Waals surface area contributed by atoms with Crippen molar-refractivity contribution in [1.29, 1.82) is 0 Å². The Morgan fingerprint density at radius 3 is 2.39 bits per heavy atom. The van der Waals surface area contributed by atoms with Crippen LogP contribution in [0, 0.1) is 10.1 Å². The van der Waals surface area contributed by atoms with E-state index in [2.05, 4.69) is 15.2 Å². The van der Waals surface area contributed by atoms with E-state index >= 15 is 0 Å². The van der Waals surface area contributed by atoms with Gasteiger partial charge in [0.1, 0.15) is 17.5 Å². The number of hydrogen-bond donors (Lipinski definition) is 2. The summed E-state index contributed by atoms with van der Waals surface area (Å²) in [5.41, 5.74) is 5.05. The third-order valence-electron chi connectivity index (χ3n) is 5.90. The average molecular weight is 549 g/mol. The topological polar surface area (TPSA) is 123 Å². The summed E-state index contributed by atoms with van der Waals surface area (Å²) >= 11 is 5.85. The normalized spacial score (nSPS) is 15.8. The molecule has 4 aromatic carbocycles. The van der Waals surface area contributed by atoms with Gasteiger partial charge in [0.15, 0.2) is 0 Å². The van der Waals surface area contributed by atoms with Crippen LogP contribution in [0.3, 0.4) is 0 Å². The molecule has 0 unspecified atom stereocenters. The maximum Gasteiger partial charge on any atom is 0.295 e. The maximum absolute atomic E-state index is 12.9. The molecule has 0 fully saturated rings. The number of hydrazone groups is 1. The summed E-state index contributed by atoms with van der Waals surface area (Å²) in [7, 11) is -4.09. The van der Waals surface area contributed by atoms with Crippen molar-refractivity contribution in [3.63, 3.8) is 0 Å². The van der Waals surface area contributed by atoms with Crippen LogP contribution in [0.25, 0.3) is 0 Å². The molecule has 0 aliphatic carbocycles. The number of sulfonamides is 1. The van der Waals surface area contributed by atoms with Crippen molar-refractivity contribution in [1.82, 2.24) is 0 Å². The number of nitrogens with one attached hydrogen (secondary N) is 2. The van der Waals surface area contributed by atoms with E-state index in [1.165, 1.54) is 36.4 Å². The minimum Gasteiger partial charge on any atom is -0.485 e. The lowest BCUT2D eigenvalue weighted by Gasteiger charge is -2.27. The van der Waals surface area contributed by atoms with Crippen LogP contribution in [0.2, 0.25) is 5.02 Å². The standard InChI is InChI=1S/C27H21ClN4O5S/c28-19-10-12-20(13-11-19)31-38(35,36)21-14-15-23(25(16-21)32(33)34)29-30-24-17-27(18-6-2-1-3-7-18)37-26-9-5-4-8-22(24)26/h1-16,27,29,31H,17H2/b30-24-/t27-/m0/s1. The molecule has 1 atom stereocenters.